The van der Waals surface area contributed by atoms with Crippen molar-refractivity contribution in [2.75, 3.05) is 7.05 Å². The second-order valence-corrected chi connectivity index (χ2v) is 8.87. The van der Waals surface area contributed by atoms with Gasteiger partial charge in [0, 0.05) is 15.4 Å². The monoisotopic (exact) mass is 381 g/mol. The molecule has 17 heavy (non-hydrogen) atoms. The topological polar surface area (TPSA) is 12.0 Å². The molecule has 0 aromatic carbocycles. The van der Waals surface area contributed by atoms with Crippen LogP contribution in [-0.2, 0) is 0 Å². The second kappa shape index (κ2) is 6.18. The van der Waals surface area contributed by atoms with Crippen LogP contribution in [0.5, 0.6) is 0 Å². The molecule has 0 amide bonds. The highest BCUT2D eigenvalue weighted by Crippen LogP contribution is 2.39. The smallest absolute Gasteiger partial charge is 0.0843 e. The Balaban J connectivity index is 2.79. The highest BCUT2D eigenvalue weighted by Gasteiger charge is 2.24. The molecule has 0 aliphatic heterocycles. The molecular formula is C13H21Br2NS. The van der Waals surface area contributed by atoms with Crippen LogP contribution in [0.1, 0.15) is 45.0 Å². The Hall–Kier alpha value is 0.620. The van der Waals surface area contributed by atoms with Gasteiger partial charge in [-0.3, -0.25) is 0 Å². The molecule has 1 rings (SSSR count). The van der Waals surface area contributed by atoms with Gasteiger partial charge in [-0.2, -0.15) is 0 Å². The maximum absolute atomic E-state index is 3.56. The summed E-state index contributed by atoms with van der Waals surface area (Å²) in [5, 5.41) is 3.43. The number of nitrogens with one attached hydrogen (secondary N) is 1. The molecule has 1 nitrogen and oxygen atoms in total. The lowest BCUT2D eigenvalue weighted by Gasteiger charge is -2.30. The summed E-state index contributed by atoms with van der Waals surface area (Å²) in [7, 11) is 2.04. The minimum Gasteiger partial charge on any atom is -0.312 e. The van der Waals surface area contributed by atoms with E-state index in [1.54, 1.807) is 11.3 Å². The molecule has 1 heterocycles. The third-order valence-electron chi connectivity index (χ3n) is 3.42. The van der Waals surface area contributed by atoms with Gasteiger partial charge in [0.05, 0.1) is 3.79 Å². The van der Waals surface area contributed by atoms with E-state index >= 15 is 0 Å². The van der Waals surface area contributed by atoms with Crippen LogP contribution < -0.4 is 5.32 Å². The van der Waals surface area contributed by atoms with Crippen molar-refractivity contribution in [2.45, 2.75) is 40.2 Å². The van der Waals surface area contributed by atoms with Crippen LogP contribution in [0.15, 0.2) is 14.3 Å². The van der Waals surface area contributed by atoms with Crippen molar-refractivity contribution in [3.63, 3.8) is 0 Å². The number of thiophene rings is 1. The summed E-state index contributed by atoms with van der Waals surface area (Å²) in [5.41, 5.74) is 0.362. The second-order valence-electron chi connectivity index (χ2n) is 5.61. The molecule has 0 bridgehead atoms. The standard InChI is InChI=1S/C13H21Br2NS/c1-8(13(2,3)4)6-10(16-5)11-7-9(14)12(15)17-11/h7-8,10,16H,6H2,1-5H3. The molecule has 1 aromatic heterocycles. The first-order valence-corrected chi connectivity index (χ1v) is 8.28. The molecule has 2 unspecified atom stereocenters. The van der Waals surface area contributed by atoms with Crippen molar-refractivity contribution in [1.29, 1.82) is 0 Å². The summed E-state index contributed by atoms with van der Waals surface area (Å²) in [4.78, 5) is 1.39. The number of hydrogen-bond donors (Lipinski definition) is 1. The first-order valence-electron chi connectivity index (χ1n) is 5.87. The molecule has 0 aliphatic rings. The average molecular weight is 383 g/mol. The summed E-state index contributed by atoms with van der Waals surface area (Å²) in [6.45, 7) is 9.27. The number of hydrogen-bond acceptors (Lipinski definition) is 2. The van der Waals surface area contributed by atoms with Gasteiger partial charge in [-0.15, -0.1) is 11.3 Å². The minimum atomic E-state index is 0.362. The molecule has 0 saturated carbocycles. The molecule has 1 aromatic rings. The fourth-order valence-electron chi connectivity index (χ4n) is 1.62. The quantitative estimate of drug-likeness (QED) is 0.713. The summed E-state index contributed by atoms with van der Waals surface area (Å²) in [6.07, 6.45) is 1.17. The predicted molar refractivity (Wildman–Crippen MR) is 84.8 cm³/mol. The Morgan fingerprint density at radius 3 is 2.29 bits per heavy atom. The molecule has 4 heteroatoms. The van der Waals surface area contributed by atoms with Gasteiger partial charge in [0.15, 0.2) is 0 Å². The molecule has 0 spiro atoms. The molecule has 0 radical (unpaired) electrons. The lowest BCUT2D eigenvalue weighted by Crippen LogP contribution is -2.24. The molecule has 98 valence electrons. The normalized spacial score (nSPS) is 15.9. The van der Waals surface area contributed by atoms with E-state index in [0.717, 1.165) is 4.47 Å². The highest BCUT2D eigenvalue weighted by atomic mass is 79.9. The van der Waals surface area contributed by atoms with Gasteiger partial charge in [-0.1, -0.05) is 27.7 Å². The van der Waals surface area contributed by atoms with Crippen LogP contribution in [0.25, 0.3) is 0 Å². The van der Waals surface area contributed by atoms with Crippen molar-refractivity contribution in [1.82, 2.24) is 5.32 Å². The maximum atomic E-state index is 3.56. The zero-order valence-electron chi connectivity index (χ0n) is 11.1. The number of rotatable bonds is 4. The van der Waals surface area contributed by atoms with Crippen molar-refractivity contribution < 1.29 is 0 Å². The predicted octanol–water partition coefficient (Wildman–Crippen LogP) is 5.61. The third kappa shape index (κ3) is 4.34. The Bertz CT molecular complexity index is 348. The zero-order valence-corrected chi connectivity index (χ0v) is 15.1. The lowest BCUT2D eigenvalue weighted by molar-refractivity contribution is 0.227. The van der Waals surface area contributed by atoms with Gasteiger partial charge in [-0.05, 0) is 62.7 Å². The van der Waals surface area contributed by atoms with Crippen molar-refractivity contribution in [3.8, 4) is 0 Å². The van der Waals surface area contributed by atoms with E-state index in [1.807, 2.05) is 7.05 Å². The molecule has 2 atom stereocenters. The maximum Gasteiger partial charge on any atom is 0.0843 e. The number of halogens is 2. The van der Waals surface area contributed by atoms with E-state index in [2.05, 4.69) is 70.9 Å². The molecule has 1 N–H and O–H groups in total. The van der Waals surface area contributed by atoms with Crippen LogP contribution in [-0.4, -0.2) is 7.05 Å². The molecule has 0 aliphatic carbocycles. The van der Waals surface area contributed by atoms with E-state index in [0.29, 0.717) is 17.4 Å². The zero-order chi connectivity index (χ0) is 13.2. The Morgan fingerprint density at radius 1 is 1.35 bits per heavy atom. The molecule has 0 fully saturated rings. The van der Waals surface area contributed by atoms with Gasteiger partial charge < -0.3 is 5.32 Å². The van der Waals surface area contributed by atoms with E-state index in [9.17, 15) is 0 Å². The first-order chi connectivity index (χ1) is 7.75. The molecular weight excluding hydrogens is 362 g/mol. The van der Waals surface area contributed by atoms with Crippen LogP contribution in [0, 0.1) is 11.3 Å². The fraction of sp³-hybridized carbons (Fsp3) is 0.692. The third-order valence-corrected chi connectivity index (χ3v) is 6.79. The summed E-state index contributed by atoms with van der Waals surface area (Å²) >= 11 is 8.93. The largest absolute Gasteiger partial charge is 0.312 e. The van der Waals surface area contributed by atoms with Gasteiger partial charge in [0.1, 0.15) is 0 Å². The van der Waals surface area contributed by atoms with Gasteiger partial charge in [0.2, 0.25) is 0 Å². The average Bonchev–Trinajstić information content (AvgIpc) is 2.53. The van der Waals surface area contributed by atoms with E-state index < -0.39 is 0 Å². The Morgan fingerprint density at radius 2 is 1.94 bits per heavy atom. The lowest BCUT2D eigenvalue weighted by atomic mass is 9.78. The van der Waals surface area contributed by atoms with Crippen LogP contribution in [0.3, 0.4) is 0 Å². The van der Waals surface area contributed by atoms with E-state index in [-0.39, 0.29) is 0 Å². The fourth-order valence-corrected chi connectivity index (χ4v) is 3.83. The minimum absolute atomic E-state index is 0.362. The molecule has 0 saturated heterocycles. The van der Waals surface area contributed by atoms with Gasteiger partial charge >= 0.3 is 0 Å². The van der Waals surface area contributed by atoms with E-state index in [1.165, 1.54) is 15.1 Å². The Labute approximate surface area is 126 Å². The van der Waals surface area contributed by atoms with Crippen LogP contribution in [0.4, 0.5) is 0 Å². The van der Waals surface area contributed by atoms with Gasteiger partial charge in [-0.25, -0.2) is 0 Å². The first kappa shape index (κ1) is 15.7. The van der Waals surface area contributed by atoms with Crippen LogP contribution in [0.2, 0.25) is 0 Å². The highest BCUT2D eigenvalue weighted by molar-refractivity contribution is 9.13. The Kier molecular flexibility index (Phi) is 5.70. The van der Waals surface area contributed by atoms with Crippen molar-refractivity contribution in [3.05, 3.63) is 19.2 Å². The summed E-state index contributed by atoms with van der Waals surface area (Å²) in [6, 6.07) is 2.66. The summed E-state index contributed by atoms with van der Waals surface area (Å²) < 4.78 is 2.33. The van der Waals surface area contributed by atoms with Crippen molar-refractivity contribution >= 4 is 43.2 Å². The SMILES string of the molecule is CNC(CC(C)C(C)(C)C)c1cc(Br)c(Br)s1. The summed E-state index contributed by atoms with van der Waals surface area (Å²) in [5.74, 6) is 0.680. The van der Waals surface area contributed by atoms with Gasteiger partial charge in [0.25, 0.3) is 0 Å². The van der Waals surface area contributed by atoms with Crippen LogP contribution >= 0.6 is 43.2 Å². The van der Waals surface area contributed by atoms with E-state index in [4.69, 9.17) is 0 Å². The van der Waals surface area contributed by atoms with Crippen molar-refractivity contribution in [2.24, 2.45) is 11.3 Å².